The third-order valence-electron chi connectivity index (χ3n) is 6.62. The summed E-state index contributed by atoms with van der Waals surface area (Å²) in [6.45, 7) is 4.22. The summed E-state index contributed by atoms with van der Waals surface area (Å²) in [4.78, 5) is 0. The zero-order valence-electron chi connectivity index (χ0n) is 16.4. The van der Waals surface area contributed by atoms with Gasteiger partial charge in [-0.15, -0.1) is 0 Å². The highest BCUT2D eigenvalue weighted by atomic mass is 19.3. The molecule has 2 atom stereocenters. The highest BCUT2D eigenvalue weighted by molar-refractivity contribution is 5.25. The van der Waals surface area contributed by atoms with Crippen LogP contribution >= 0.6 is 0 Å². The zero-order valence-corrected chi connectivity index (χ0v) is 16.4. The fourth-order valence-corrected chi connectivity index (χ4v) is 4.93. The summed E-state index contributed by atoms with van der Waals surface area (Å²) in [5.41, 5.74) is 2.75. The van der Waals surface area contributed by atoms with Gasteiger partial charge in [-0.25, -0.2) is 8.78 Å². The van der Waals surface area contributed by atoms with Crippen LogP contribution in [0.25, 0.3) is 0 Å². The van der Waals surface area contributed by atoms with Crippen molar-refractivity contribution in [1.82, 2.24) is 0 Å². The Balaban J connectivity index is 1.50. The van der Waals surface area contributed by atoms with Gasteiger partial charge in [-0.05, 0) is 68.8 Å². The van der Waals surface area contributed by atoms with Crippen LogP contribution in [-0.4, -0.2) is 5.92 Å². The van der Waals surface area contributed by atoms with E-state index >= 15 is 0 Å². The Morgan fingerprint density at radius 3 is 2.27 bits per heavy atom. The number of benzene rings is 1. The van der Waals surface area contributed by atoms with E-state index in [2.05, 4.69) is 44.2 Å². The van der Waals surface area contributed by atoms with Crippen LogP contribution in [0.4, 0.5) is 8.78 Å². The van der Waals surface area contributed by atoms with Gasteiger partial charge in [0.05, 0.1) is 0 Å². The fraction of sp³-hybridized carbons (Fsp3) is 0.667. The summed E-state index contributed by atoms with van der Waals surface area (Å²) in [6.07, 6.45) is 12.3. The molecule has 0 bridgehead atoms. The minimum atomic E-state index is -2.51. The maximum absolute atomic E-state index is 14.5. The molecule has 0 aliphatic heterocycles. The largest absolute Gasteiger partial charge is 0.254 e. The van der Waals surface area contributed by atoms with Crippen LogP contribution in [0.3, 0.4) is 0 Å². The third kappa shape index (κ3) is 4.96. The Morgan fingerprint density at radius 1 is 0.962 bits per heavy atom. The van der Waals surface area contributed by atoms with Crippen molar-refractivity contribution in [2.75, 3.05) is 0 Å². The number of hydrogen-bond donors (Lipinski definition) is 0. The highest BCUT2D eigenvalue weighted by Gasteiger charge is 2.43. The van der Waals surface area contributed by atoms with Gasteiger partial charge in [-0.1, -0.05) is 61.7 Å². The van der Waals surface area contributed by atoms with Gasteiger partial charge in [-0.2, -0.15) is 0 Å². The van der Waals surface area contributed by atoms with Gasteiger partial charge >= 0.3 is 0 Å². The lowest BCUT2D eigenvalue weighted by Crippen LogP contribution is -2.34. The van der Waals surface area contributed by atoms with Crippen molar-refractivity contribution in [3.05, 3.63) is 47.5 Å². The Hall–Kier alpha value is -1.18. The Bertz CT molecular complexity index is 579. The molecule has 0 amide bonds. The molecule has 3 rings (SSSR count). The smallest absolute Gasteiger partial charge is 0.206 e. The highest BCUT2D eigenvalue weighted by Crippen LogP contribution is 2.44. The van der Waals surface area contributed by atoms with E-state index in [9.17, 15) is 8.78 Å². The molecule has 0 aromatic heterocycles. The fourth-order valence-electron chi connectivity index (χ4n) is 4.93. The summed E-state index contributed by atoms with van der Waals surface area (Å²) in [7, 11) is 0. The molecular weight excluding hydrogens is 326 g/mol. The van der Waals surface area contributed by atoms with E-state index in [1.807, 2.05) is 6.08 Å². The van der Waals surface area contributed by atoms with Gasteiger partial charge in [0.25, 0.3) is 5.92 Å². The number of hydrogen-bond acceptors (Lipinski definition) is 0. The van der Waals surface area contributed by atoms with Crippen molar-refractivity contribution in [2.24, 2.45) is 17.8 Å². The second kappa shape index (κ2) is 8.67. The monoisotopic (exact) mass is 360 g/mol. The molecular formula is C24H34F2. The molecule has 2 heteroatoms. The van der Waals surface area contributed by atoms with Crippen LogP contribution in [0.2, 0.25) is 0 Å². The topological polar surface area (TPSA) is 0 Å². The lowest BCUT2D eigenvalue weighted by molar-refractivity contribution is -0.0859. The number of allylic oxidation sites excluding steroid dienone is 2. The maximum atomic E-state index is 14.5. The molecule has 2 unspecified atom stereocenters. The molecule has 0 radical (unpaired) electrons. The van der Waals surface area contributed by atoms with Crippen molar-refractivity contribution in [3.8, 4) is 0 Å². The standard InChI is InChI=1S/C24H34F2/c1-3-4-20-10-16-23(24(25,26)17-20)15-9-19-7-13-22(14-8-19)21-11-5-18(2)6-12-21/h5-6,9,11-12,15,19-20,22-23H,3-4,7-8,10,13-14,16-17H2,1-2H3/b15-9+. The van der Waals surface area contributed by atoms with Crippen molar-refractivity contribution < 1.29 is 8.78 Å². The first kappa shape index (κ1) is 19.6. The minimum absolute atomic E-state index is 0.0933. The van der Waals surface area contributed by atoms with Crippen molar-refractivity contribution in [2.45, 2.75) is 83.5 Å². The lowest BCUT2D eigenvalue weighted by atomic mass is 9.75. The van der Waals surface area contributed by atoms with Gasteiger partial charge < -0.3 is 0 Å². The van der Waals surface area contributed by atoms with Crippen LogP contribution in [-0.2, 0) is 0 Å². The van der Waals surface area contributed by atoms with Crippen LogP contribution in [0.15, 0.2) is 36.4 Å². The molecule has 1 aromatic carbocycles. The van der Waals surface area contributed by atoms with Gasteiger partial charge in [0.2, 0.25) is 0 Å². The van der Waals surface area contributed by atoms with Crippen molar-refractivity contribution in [3.63, 3.8) is 0 Å². The van der Waals surface area contributed by atoms with Gasteiger partial charge in [0.15, 0.2) is 0 Å². The molecule has 2 aliphatic rings. The first-order valence-corrected chi connectivity index (χ1v) is 10.6. The molecule has 1 aromatic rings. The maximum Gasteiger partial charge on any atom is 0.254 e. The zero-order chi connectivity index (χ0) is 18.6. The third-order valence-corrected chi connectivity index (χ3v) is 6.62. The molecule has 26 heavy (non-hydrogen) atoms. The number of halogens is 2. The quantitative estimate of drug-likeness (QED) is 0.472. The number of alkyl halides is 2. The summed E-state index contributed by atoms with van der Waals surface area (Å²) in [5, 5.41) is 0. The summed E-state index contributed by atoms with van der Waals surface area (Å²) < 4.78 is 28.9. The SMILES string of the molecule is CCCC1CCC(/C=C/C2CCC(c3ccc(C)cc3)CC2)C(F)(F)C1. The van der Waals surface area contributed by atoms with E-state index in [0.717, 1.165) is 32.1 Å². The summed E-state index contributed by atoms with van der Waals surface area (Å²) in [5.74, 6) is -1.68. The molecule has 0 saturated heterocycles. The van der Waals surface area contributed by atoms with E-state index in [1.165, 1.54) is 24.0 Å². The number of aryl methyl sites for hydroxylation is 1. The van der Waals surface area contributed by atoms with E-state index in [1.54, 1.807) is 0 Å². The Kier molecular flexibility index (Phi) is 6.53. The Morgan fingerprint density at radius 2 is 1.65 bits per heavy atom. The first-order valence-electron chi connectivity index (χ1n) is 10.6. The van der Waals surface area contributed by atoms with E-state index < -0.39 is 11.8 Å². The predicted molar refractivity (Wildman–Crippen MR) is 106 cm³/mol. The average molecular weight is 361 g/mol. The summed E-state index contributed by atoms with van der Waals surface area (Å²) in [6, 6.07) is 8.90. The van der Waals surface area contributed by atoms with Crippen molar-refractivity contribution >= 4 is 0 Å². The molecule has 0 spiro atoms. The molecule has 2 aliphatic carbocycles. The van der Waals surface area contributed by atoms with E-state index in [0.29, 0.717) is 18.3 Å². The van der Waals surface area contributed by atoms with Crippen LogP contribution in [0.5, 0.6) is 0 Å². The number of rotatable bonds is 5. The summed E-state index contributed by atoms with van der Waals surface area (Å²) >= 11 is 0. The normalized spacial score (nSPS) is 32.0. The van der Waals surface area contributed by atoms with Crippen LogP contribution in [0, 0.1) is 24.7 Å². The van der Waals surface area contributed by atoms with E-state index in [-0.39, 0.29) is 12.3 Å². The molecule has 0 nitrogen and oxygen atoms in total. The predicted octanol–water partition coefficient (Wildman–Crippen LogP) is 7.68. The average Bonchev–Trinajstić information content (AvgIpc) is 2.62. The van der Waals surface area contributed by atoms with Gasteiger partial charge in [0, 0.05) is 12.3 Å². The molecule has 2 saturated carbocycles. The molecule has 0 heterocycles. The first-order chi connectivity index (χ1) is 12.5. The molecule has 144 valence electrons. The van der Waals surface area contributed by atoms with Crippen LogP contribution < -0.4 is 0 Å². The van der Waals surface area contributed by atoms with Crippen LogP contribution in [0.1, 0.15) is 81.8 Å². The second-order valence-electron chi connectivity index (χ2n) is 8.71. The lowest BCUT2D eigenvalue weighted by Gasteiger charge is -2.35. The minimum Gasteiger partial charge on any atom is -0.206 e. The van der Waals surface area contributed by atoms with E-state index in [4.69, 9.17) is 0 Å². The second-order valence-corrected chi connectivity index (χ2v) is 8.71. The van der Waals surface area contributed by atoms with Gasteiger partial charge in [-0.3, -0.25) is 0 Å². The van der Waals surface area contributed by atoms with Gasteiger partial charge in [0.1, 0.15) is 0 Å². The molecule has 0 N–H and O–H groups in total. The molecule has 2 fully saturated rings. The Labute approximate surface area is 158 Å². The van der Waals surface area contributed by atoms with Crippen molar-refractivity contribution in [1.29, 1.82) is 0 Å².